The molecule has 0 aliphatic rings. The molecule has 0 radical (unpaired) electrons. The Morgan fingerprint density at radius 2 is 1.95 bits per heavy atom. The Kier molecular flexibility index (Phi) is 3.84. The Morgan fingerprint density at radius 3 is 2.43 bits per heavy atom. The molecule has 0 bridgehead atoms. The summed E-state index contributed by atoms with van der Waals surface area (Å²) in [4.78, 5) is 14.6. The number of carbonyl (C=O) groups is 1. The van der Waals surface area contributed by atoms with E-state index in [0.29, 0.717) is 0 Å². The zero-order valence-corrected chi connectivity index (χ0v) is 10.8. The molecular weight excluding hydrogens is 287 g/mol. The van der Waals surface area contributed by atoms with E-state index in [1.54, 1.807) is 0 Å². The first-order chi connectivity index (χ1) is 9.82. The SMILES string of the molecule is COc1ccc(-c2ccc(C(=O)O)cn2)cc1C(F)(F)F. The number of aromatic nitrogens is 1. The van der Waals surface area contributed by atoms with Gasteiger partial charge in [0.1, 0.15) is 5.75 Å². The van der Waals surface area contributed by atoms with Crippen molar-refractivity contribution in [2.75, 3.05) is 7.11 Å². The fourth-order valence-corrected chi connectivity index (χ4v) is 1.78. The Balaban J connectivity index is 2.47. The van der Waals surface area contributed by atoms with E-state index in [-0.39, 0.29) is 22.6 Å². The van der Waals surface area contributed by atoms with Crippen molar-refractivity contribution in [3.05, 3.63) is 47.7 Å². The van der Waals surface area contributed by atoms with E-state index in [9.17, 15) is 18.0 Å². The van der Waals surface area contributed by atoms with Gasteiger partial charge in [0.05, 0.1) is 23.9 Å². The minimum atomic E-state index is -4.55. The zero-order chi connectivity index (χ0) is 15.6. The molecule has 1 aromatic carbocycles. The van der Waals surface area contributed by atoms with Gasteiger partial charge in [-0.3, -0.25) is 4.98 Å². The maximum absolute atomic E-state index is 12.9. The van der Waals surface area contributed by atoms with E-state index in [2.05, 4.69) is 4.98 Å². The van der Waals surface area contributed by atoms with Crippen LogP contribution in [-0.2, 0) is 6.18 Å². The number of hydrogen-bond donors (Lipinski definition) is 1. The second kappa shape index (κ2) is 5.43. The van der Waals surface area contributed by atoms with Gasteiger partial charge in [0, 0.05) is 11.8 Å². The molecule has 110 valence electrons. The molecule has 0 saturated carbocycles. The molecular formula is C14H10F3NO3. The van der Waals surface area contributed by atoms with Gasteiger partial charge in [-0.05, 0) is 30.3 Å². The number of benzene rings is 1. The quantitative estimate of drug-likeness (QED) is 0.942. The number of halogens is 3. The van der Waals surface area contributed by atoms with E-state index >= 15 is 0 Å². The minimum absolute atomic E-state index is 0.0386. The molecule has 0 amide bonds. The van der Waals surface area contributed by atoms with Crippen LogP contribution in [0.3, 0.4) is 0 Å². The van der Waals surface area contributed by atoms with Crippen molar-refractivity contribution < 1.29 is 27.8 Å². The third-order valence-electron chi connectivity index (χ3n) is 2.81. The molecule has 0 spiro atoms. The number of hydrogen-bond acceptors (Lipinski definition) is 3. The van der Waals surface area contributed by atoms with E-state index < -0.39 is 17.7 Å². The maximum atomic E-state index is 12.9. The standard InChI is InChI=1S/C14H10F3NO3/c1-21-12-5-3-8(6-10(12)14(15,16)17)11-4-2-9(7-18-11)13(19)20/h2-7H,1H3,(H,19,20). The van der Waals surface area contributed by atoms with E-state index in [0.717, 1.165) is 19.4 Å². The van der Waals surface area contributed by atoms with Gasteiger partial charge in [-0.2, -0.15) is 13.2 Å². The lowest BCUT2D eigenvalue weighted by Gasteiger charge is -2.13. The minimum Gasteiger partial charge on any atom is -0.496 e. The van der Waals surface area contributed by atoms with Gasteiger partial charge in [0.25, 0.3) is 0 Å². The lowest BCUT2D eigenvalue weighted by Crippen LogP contribution is -2.07. The molecule has 2 aromatic rings. The van der Waals surface area contributed by atoms with Crippen LogP contribution in [0.4, 0.5) is 13.2 Å². The highest BCUT2D eigenvalue weighted by atomic mass is 19.4. The lowest BCUT2D eigenvalue weighted by molar-refractivity contribution is -0.138. The zero-order valence-electron chi connectivity index (χ0n) is 10.8. The lowest BCUT2D eigenvalue weighted by atomic mass is 10.1. The van der Waals surface area contributed by atoms with Crippen LogP contribution in [-0.4, -0.2) is 23.2 Å². The normalized spacial score (nSPS) is 11.2. The Bertz CT molecular complexity index is 666. The first-order valence-electron chi connectivity index (χ1n) is 5.78. The monoisotopic (exact) mass is 297 g/mol. The van der Waals surface area contributed by atoms with Gasteiger partial charge in [-0.15, -0.1) is 0 Å². The van der Waals surface area contributed by atoms with E-state index in [1.165, 1.54) is 24.3 Å². The van der Waals surface area contributed by atoms with Gasteiger partial charge in [0.15, 0.2) is 0 Å². The van der Waals surface area contributed by atoms with Crippen molar-refractivity contribution in [3.63, 3.8) is 0 Å². The number of pyridine rings is 1. The predicted molar refractivity (Wildman–Crippen MR) is 68.2 cm³/mol. The van der Waals surface area contributed by atoms with Crippen molar-refractivity contribution in [1.82, 2.24) is 4.98 Å². The Hall–Kier alpha value is -2.57. The Labute approximate surface area is 117 Å². The highest BCUT2D eigenvalue weighted by molar-refractivity contribution is 5.87. The van der Waals surface area contributed by atoms with Crippen LogP contribution in [0.1, 0.15) is 15.9 Å². The summed E-state index contributed by atoms with van der Waals surface area (Å²) in [5.74, 6) is -1.44. The third kappa shape index (κ3) is 3.13. The van der Waals surface area contributed by atoms with Crippen LogP contribution >= 0.6 is 0 Å². The summed E-state index contributed by atoms with van der Waals surface area (Å²) in [6.45, 7) is 0. The van der Waals surface area contributed by atoms with E-state index in [1.807, 2.05) is 0 Å². The number of alkyl halides is 3. The molecule has 4 nitrogen and oxygen atoms in total. The summed E-state index contributed by atoms with van der Waals surface area (Å²) in [7, 11) is 1.16. The molecule has 0 aliphatic heterocycles. The highest BCUT2D eigenvalue weighted by Gasteiger charge is 2.34. The second-order valence-corrected chi connectivity index (χ2v) is 4.15. The number of carboxylic acids is 1. The van der Waals surface area contributed by atoms with Gasteiger partial charge >= 0.3 is 12.1 Å². The van der Waals surface area contributed by atoms with Crippen LogP contribution in [0, 0.1) is 0 Å². The number of nitrogens with zero attached hydrogens (tertiary/aromatic N) is 1. The number of carboxylic acid groups (broad SMARTS) is 1. The Morgan fingerprint density at radius 1 is 1.24 bits per heavy atom. The maximum Gasteiger partial charge on any atom is 0.419 e. The first kappa shape index (κ1) is 14.8. The van der Waals surface area contributed by atoms with Crippen molar-refractivity contribution >= 4 is 5.97 Å². The van der Waals surface area contributed by atoms with Crippen molar-refractivity contribution in [1.29, 1.82) is 0 Å². The average molecular weight is 297 g/mol. The molecule has 0 fully saturated rings. The molecule has 7 heteroatoms. The summed E-state index contributed by atoms with van der Waals surface area (Å²) in [6, 6.07) is 6.18. The van der Waals surface area contributed by atoms with Gasteiger partial charge in [-0.25, -0.2) is 4.79 Å². The largest absolute Gasteiger partial charge is 0.496 e. The molecule has 0 unspecified atom stereocenters. The average Bonchev–Trinajstić information content (AvgIpc) is 2.45. The van der Waals surface area contributed by atoms with Crippen molar-refractivity contribution in [2.24, 2.45) is 0 Å². The van der Waals surface area contributed by atoms with Gasteiger partial charge in [-0.1, -0.05) is 0 Å². The summed E-state index contributed by atoms with van der Waals surface area (Å²) < 4.78 is 43.5. The van der Waals surface area contributed by atoms with E-state index in [4.69, 9.17) is 9.84 Å². The molecule has 1 aromatic heterocycles. The van der Waals surface area contributed by atoms with Gasteiger partial charge < -0.3 is 9.84 Å². The summed E-state index contributed by atoms with van der Waals surface area (Å²) in [5, 5.41) is 8.76. The van der Waals surface area contributed by atoms with Crippen molar-refractivity contribution in [2.45, 2.75) is 6.18 Å². The summed E-state index contributed by atoms with van der Waals surface area (Å²) in [6.07, 6.45) is -3.46. The summed E-state index contributed by atoms with van der Waals surface area (Å²) in [5.41, 5.74) is -0.483. The molecule has 0 atom stereocenters. The summed E-state index contributed by atoms with van der Waals surface area (Å²) >= 11 is 0. The number of aromatic carboxylic acids is 1. The third-order valence-corrected chi connectivity index (χ3v) is 2.81. The smallest absolute Gasteiger partial charge is 0.419 e. The molecule has 0 saturated heterocycles. The molecule has 1 heterocycles. The van der Waals surface area contributed by atoms with Gasteiger partial charge in [0.2, 0.25) is 0 Å². The second-order valence-electron chi connectivity index (χ2n) is 4.15. The molecule has 2 rings (SSSR count). The van der Waals surface area contributed by atoms with Crippen LogP contribution in [0.2, 0.25) is 0 Å². The molecule has 0 aliphatic carbocycles. The number of methoxy groups -OCH3 is 1. The van der Waals surface area contributed by atoms with Crippen LogP contribution in [0.25, 0.3) is 11.3 Å². The van der Waals surface area contributed by atoms with Crippen molar-refractivity contribution in [3.8, 4) is 17.0 Å². The molecule has 1 N–H and O–H groups in total. The number of ether oxygens (including phenoxy) is 1. The van der Waals surface area contributed by atoms with Crippen LogP contribution in [0.15, 0.2) is 36.5 Å². The number of rotatable bonds is 3. The fourth-order valence-electron chi connectivity index (χ4n) is 1.78. The van der Waals surface area contributed by atoms with Crippen LogP contribution < -0.4 is 4.74 Å². The first-order valence-corrected chi connectivity index (χ1v) is 5.78. The molecule has 21 heavy (non-hydrogen) atoms. The predicted octanol–water partition coefficient (Wildman–Crippen LogP) is 3.47. The highest BCUT2D eigenvalue weighted by Crippen LogP contribution is 2.38. The van der Waals surface area contributed by atoms with Crippen LogP contribution in [0.5, 0.6) is 5.75 Å². The topological polar surface area (TPSA) is 59.4 Å². The fraction of sp³-hybridized carbons (Fsp3) is 0.143.